The fraction of sp³-hybridized carbons (Fsp3) is 0.941. The van der Waals surface area contributed by atoms with Gasteiger partial charge in [0.2, 0.25) is 5.79 Å². The van der Waals surface area contributed by atoms with E-state index in [1.165, 1.54) is 0 Å². The van der Waals surface area contributed by atoms with Gasteiger partial charge in [0, 0.05) is 12.3 Å². The Morgan fingerprint density at radius 1 is 1.17 bits per heavy atom. The highest BCUT2D eigenvalue weighted by molar-refractivity contribution is 5.93. The maximum Gasteiger partial charge on any atom is 0.214 e. The summed E-state index contributed by atoms with van der Waals surface area (Å²) in [7, 11) is 0. The molecule has 6 nitrogen and oxygen atoms in total. The van der Waals surface area contributed by atoms with Crippen LogP contribution in [-0.2, 0) is 19.0 Å². The number of ketones is 1. The van der Waals surface area contributed by atoms with Crippen molar-refractivity contribution < 1.29 is 29.2 Å². The second kappa shape index (κ2) is 3.15. The van der Waals surface area contributed by atoms with Crippen molar-refractivity contribution in [3.63, 3.8) is 0 Å². The first-order chi connectivity index (χ1) is 10.6. The second-order valence-corrected chi connectivity index (χ2v) is 9.22. The van der Waals surface area contributed by atoms with Crippen LogP contribution in [0.5, 0.6) is 0 Å². The Bertz CT molecular complexity index is 676. The molecule has 0 aromatic rings. The summed E-state index contributed by atoms with van der Waals surface area (Å²) in [5, 5.41) is 22.4. The van der Waals surface area contributed by atoms with E-state index in [2.05, 4.69) is 0 Å². The summed E-state index contributed by atoms with van der Waals surface area (Å²) < 4.78 is 18.5. The van der Waals surface area contributed by atoms with E-state index >= 15 is 0 Å². The topological polar surface area (TPSA) is 85.2 Å². The number of rotatable bonds is 0. The molecule has 23 heavy (non-hydrogen) atoms. The zero-order valence-corrected chi connectivity index (χ0v) is 13.4. The molecule has 3 spiro atoms. The zero-order valence-electron chi connectivity index (χ0n) is 13.4. The van der Waals surface area contributed by atoms with Crippen molar-refractivity contribution in [2.24, 2.45) is 11.3 Å². The maximum absolute atomic E-state index is 13.2. The maximum atomic E-state index is 13.2. The summed E-state index contributed by atoms with van der Waals surface area (Å²) in [4.78, 5) is 13.2. The van der Waals surface area contributed by atoms with Gasteiger partial charge in [-0.1, -0.05) is 0 Å². The number of carbonyl (C=O) groups excluding carboxylic acids is 1. The van der Waals surface area contributed by atoms with Gasteiger partial charge in [-0.15, -0.1) is 0 Å². The molecule has 8 unspecified atom stereocenters. The summed E-state index contributed by atoms with van der Waals surface area (Å²) >= 11 is 0. The molecule has 8 atom stereocenters. The molecule has 2 N–H and O–H groups in total. The monoisotopic (exact) mass is 322 g/mol. The number of aliphatic hydroxyl groups is 2. The van der Waals surface area contributed by atoms with Crippen molar-refractivity contribution in [1.29, 1.82) is 0 Å². The Balaban J connectivity index is 1.66. The molecule has 4 saturated heterocycles. The molecular formula is C17H22O6. The van der Waals surface area contributed by atoms with Crippen LogP contribution in [0.3, 0.4) is 0 Å². The summed E-state index contributed by atoms with van der Waals surface area (Å²) in [5.74, 6) is -1.30. The standard InChI is InChI=1S/C17H22O6/c1-12-6-14-7-16(10(12)3-4-13(16,2)19)23-17(14,22-12)15(20)5-9(11(14)18)21-8-15/h9-10,19-20H,3-8H2,1-2H3. The molecule has 7 aliphatic rings. The van der Waals surface area contributed by atoms with Crippen LogP contribution < -0.4 is 0 Å². The van der Waals surface area contributed by atoms with Crippen LogP contribution in [0.25, 0.3) is 0 Å². The van der Waals surface area contributed by atoms with E-state index in [9.17, 15) is 15.0 Å². The summed E-state index contributed by atoms with van der Waals surface area (Å²) in [6.07, 6.45) is 2.11. The number of hydrogen-bond donors (Lipinski definition) is 2. The van der Waals surface area contributed by atoms with Crippen LogP contribution in [0.2, 0.25) is 0 Å². The number of Topliss-reactive ketones (excluding diaryl/α,β-unsaturated/α-hetero) is 1. The molecule has 6 heteroatoms. The molecule has 126 valence electrons. The van der Waals surface area contributed by atoms with Crippen molar-refractivity contribution in [3.8, 4) is 0 Å². The van der Waals surface area contributed by atoms with Gasteiger partial charge in [-0.3, -0.25) is 4.79 Å². The Labute approximate surface area is 134 Å². The predicted octanol–water partition coefficient (Wildman–Crippen LogP) is 0.285. The van der Waals surface area contributed by atoms with E-state index in [1.54, 1.807) is 0 Å². The third-order valence-electron chi connectivity index (χ3n) is 8.10. The number of ether oxygens (including phenoxy) is 3. The van der Waals surface area contributed by atoms with Crippen LogP contribution in [0.15, 0.2) is 0 Å². The lowest BCUT2D eigenvalue weighted by atomic mass is 9.53. The van der Waals surface area contributed by atoms with Gasteiger partial charge in [-0.2, -0.15) is 0 Å². The third-order valence-corrected chi connectivity index (χ3v) is 8.10. The van der Waals surface area contributed by atoms with Gasteiger partial charge in [0.1, 0.15) is 17.3 Å². The van der Waals surface area contributed by atoms with E-state index in [4.69, 9.17) is 14.2 Å². The largest absolute Gasteiger partial charge is 0.387 e. The zero-order chi connectivity index (χ0) is 16.1. The van der Waals surface area contributed by atoms with Gasteiger partial charge in [-0.05, 0) is 39.5 Å². The Hall–Kier alpha value is -0.530. The Kier molecular flexibility index (Phi) is 1.88. The van der Waals surface area contributed by atoms with Crippen LogP contribution in [-0.4, -0.2) is 56.9 Å². The first-order valence-corrected chi connectivity index (χ1v) is 8.65. The molecule has 0 radical (unpaired) electrons. The van der Waals surface area contributed by atoms with Crippen LogP contribution >= 0.6 is 0 Å². The highest BCUT2D eigenvalue weighted by Gasteiger charge is 2.93. The quantitative estimate of drug-likeness (QED) is 0.666. The van der Waals surface area contributed by atoms with Gasteiger partial charge >= 0.3 is 0 Å². The molecule has 7 rings (SSSR count). The van der Waals surface area contributed by atoms with E-state index in [0.29, 0.717) is 19.3 Å². The molecule has 4 heterocycles. The molecule has 6 bridgehead atoms. The molecule has 0 aromatic heterocycles. The molecule has 4 aliphatic heterocycles. The van der Waals surface area contributed by atoms with Crippen LogP contribution in [0.4, 0.5) is 0 Å². The minimum atomic E-state index is -1.36. The highest BCUT2D eigenvalue weighted by atomic mass is 16.8. The molecule has 3 saturated carbocycles. The van der Waals surface area contributed by atoms with Gasteiger partial charge in [0.05, 0.1) is 23.2 Å². The number of hydrogen-bond acceptors (Lipinski definition) is 6. The van der Waals surface area contributed by atoms with Crippen molar-refractivity contribution in [2.75, 3.05) is 6.61 Å². The summed E-state index contributed by atoms with van der Waals surface area (Å²) in [5.41, 5.74) is -4.53. The highest BCUT2D eigenvalue weighted by Crippen LogP contribution is 2.80. The summed E-state index contributed by atoms with van der Waals surface area (Å²) in [6.45, 7) is 3.90. The van der Waals surface area contributed by atoms with Gasteiger partial charge < -0.3 is 24.4 Å². The lowest BCUT2D eigenvalue weighted by Gasteiger charge is -2.55. The second-order valence-electron chi connectivity index (χ2n) is 9.22. The molecule has 7 fully saturated rings. The van der Waals surface area contributed by atoms with Crippen molar-refractivity contribution >= 4 is 5.78 Å². The van der Waals surface area contributed by atoms with E-state index in [-0.39, 0.29) is 24.7 Å². The van der Waals surface area contributed by atoms with Crippen molar-refractivity contribution in [3.05, 3.63) is 0 Å². The minimum Gasteiger partial charge on any atom is -0.387 e. The normalized spacial score (nSPS) is 71.0. The lowest BCUT2D eigenvalue weighted by Crippen LogP contribution is -2.70. The molecule has 0 amide bonds. The number of carbonyl (C=O) groups is 1. The van der Waals surface area contributed by atoms with Crippen molar-refractivity contribution in [1.82, 2.24) is 0 Å². The van der Waals surface area contributed by atoms with E-state index in [0.717, 1.165) is 6.42 Å². The van der Waals surface area contributed by atoms with E-state index in [1.807, 2.05) is 13.8 Å². The third kappa shape index (κ3) is 1.02. The van der Waals surface area contributed by atoms with Gasteiger partial charge in [0.25, 0.3) is 0 Å². The fourth-order valence-electron chi connectivity index (χ4n) is 7.29. The minimum absolute atomic E-state index is 0.00132. The first kappa shape index (κ1) is 13.7. The van der Waals surface area contributed by atoms with E-state index < -0.39 is 39.7 Å². The molecule has 3 aliphatic carbocycles. The van der Waals surface area contributed by atoms with Crippen LogP contribution in [0, 0.1) is 11.3 Å². The Morgan fingerprint density at radius 3 is 2.74 bits per heavy atom. The Morgan fingerprint density at radius 2 is 1.96 bits per heavy atom. The molecular weight excluding hydrogens is 300 g/mol. The average Bonchev–Trinajstić information content (AvgIpc) is 3.08. The predicted molar refractivity (Wildman–Crippen MR) is 75.4 cm³/mol. The SMILES string of the molecule is CC12CC34CC5(OC3(O1)C1(O)COC(C1)C4=O)C2CCC5(C)O. The summed E-state index contributed by atoms with van der Waals surface area (Å²) in [6, 6.07) is 0. The number of fused-ring (bicyclic) bond motifs is 2. The average molecular weight is 322 g/mol. The fourth-order valence-corrected chi connectivity index (χ4v) is 7.29. The van der Waals surface area contributed by atoms with Gasteiger partial charge in [-0.25, -0.2) is 0 Å². The smallest absolute Gasteiger partial charge is 0.214 e. The first-order valence-electron chi connectivity index (χ1n) is 8.65. The lowest BCUT2D eigenvalue weighted by molar-refractivity contribution is -0.406. The van der Waals surface area contributed by atoms with Crippen LogP contribution in [0.1, 0.15) is 46.0 Å². The molecule has 0 aromatic carbocycles. The van der Waals surface area contributed by atoms with Crippen molar-refractivity contribution in [2.45, 2.75) is 80.2 Å². The van der Waals surface area contributed by atoms with Gasteiger partial charge in [0.15, 0.2) is 5.78 Å².